The fourth-order valence-corrected chi connectivity index (χ4v) is 11.9. The number of hydrogen-bond acceptors (Lipinski definition) is 0. The molecule has 0 bridgehead atoms. The van der Waals surface area contributed by atoms with Crippen molar-refractivity contribution in [3.05, 3.63) is 215 Å². The standard InChI is InChI=1S/C78H84N2/c1-73(2,3)53-31-37-71-67(45-53)68-46-54(74(4,5)6)32-38-72(68)80(71)60-35-29-50(30-36-60)64-48-65(51-39-55(75(7,8)9)43-56(40-51)76(10,11)12)63(47-66(64)52-41-57(77(13,14)15)44-58(42-52)78(16,17)18)49-27-33-59(34-28-49)79-69-25-21-19-23-61(69)62-24-20-22-26-70(62)79/h19-48H,1-18H3. The Morgan fingerprint density at radius 1 is 0.212 bits per heavy atom. The summed E-state index contributed by atoms with van der Waals surface area (Å²) < 4.78 is 4.91. The number of aromatic nitrogens is 2. The Bertz CT molecular complexity index is 3990. The van der Waals surface area contributed by atoms with E-state index in [1.165, 1.54) is 122 Å². The average Bonchev–Trinajstić information content (AvgIpc) is 4.05. The third-order valence-corrected chi connectivity index (χ3v) is 17.1. The lowest BCUT2D eigenvalue weighted by Crippen LogP contribution is -2.16. The van der Waals surface area contributed by atoms with E-state index in [1.54, 1.807) is 0 Å². The molecule has 0 saturated heterocycles. The molecule has 0 aliphatic carbocycles. The lowest BCUT2D eigenvalue weighted by atomic mass is 9.76. The number of fused-ring (bicyclic) bond motifs is 6. The molecule has 0 spiro atoms. The lowest BCUT2D eigenvalue weighted by Gasteiger charge is -2.28. The van der Waals surface area contributed by atoms with Crippen molar-refractivity contribution >= 4 is 43.6 Å². The molecule has 11 aromatic rings. The molecule has 406 valence electrons. The van der Waals surface area contributed by atoms with Crippen molar-refractivity contribution in [2.75, 3.05) is 0 Å². The largest absolute Gasteiger partial charge is 0.309 e. The van der Waals surface area contributed by atoms with Crippen LogP contribution in [-0.2, 0) is 32.5 Å². The van der Waals surface area contributed by atoms with Crippen LogP contribution in [0.3, 0.4) is 0 Å². The summed E-state index contributed by atoms with van der Waals surface area (Å²) in [5, 5.41) is 5.13. The van der Waals surface area contributed by atoms with Gasteiger partial charge in [0.1, 0.15) is 0 Å². The van der Waals surface area contributed by atoms with Crippen LogP contribution in [0.5, 0.6) is 0 Å². The van der Waals surface area contributed by atoms with Gasteiger partial charge in [0.05, 0.1) is 22.1 Å². The van der Waals surface area contributed by atoms with Gasteiger partial charge in [-0.3, -0.25) is 0 Å². The smallest absolute Gasteiger partial charge is 0.0541 e. The molecule has 0 aliphatic rings. The first kappa shape index (κ1) is 54.5. The van der Waals surface area contributed by atoms with Gasteiger partial charge in [-0.2, -0.15) is 0 Å². The lowest BCUT2D eigenvalue weighted by molar-refractivity contribution is 0.568. The molecule has 0 radical (unpaired) electrons. The predicted octanol–water partition coefficient (Wildman–Crippen LogP) is 22.3. The van der Waals surface area contributed by atoms with Gasteiger partial charge in [-0.25, -0.2) is 0 Å². The Balaban J connectivity index is 1.19. The molecule has 0 amide bonds. The van der Waals surface area contributed by atoms with Crippen LogP contribution in [0.25, 0.3) is 99.5 Å². The van der Waals surface area contributed by atoms with Gasteiger partial charge in [0.25, 0.3) is 0 Å². The van der Waals surface area contributed by atoms with Gasteiger partial charge in [-0.15, -0.1) is 0 Å². The first-order valence-corrected chi connectivity index (χ1v) is 29.2. The van der Waals surface area contributed by atoms with E-state index in [-0.39, 0.29) is 32.5 Å². The molecule has 80 heavy (non-hydrogen) atoms. The molecule has 0 aliphatic heterocycles. The minimum Gasteiger partial charge on any atom is -0.309 e. The van der Waals surface area contributed by atoms with E-state index < -0.39 is 0 Å². The minimum atomic E-state index is -0.0659. The van der Waals surface area contributed by atoms with Gasteiger partial charge in [0.15, 0.2) is 0 Å². The first-order valence-electron chi connectivity index (χ1n) is 29.2. The summed E-state index contributed by atoms with van der Waals surface area (Å²) in [6.45, 7) is 42.1. The molecule has 2 nitrogen and oxygen atoms in total. The van der Waals surface area contributed by atoms with Crippen LogP contribution in [0.4, 0.5) is 0 Å². The van der Waals surface area contributed by atoms with E-state index >= 15 is 0 Å². The second kappa shape index (κ2) is 19.1. The molecule has 0 unspecified atom stereocenters. The van der Waals surface area contributed by atoms with Gasteiger partial charge >= 0.3 is 0 Å². The van der Waals surface area contributed by atoms with Crippen LogP contribution in [-0.4, -0.2) is 9.13 Å². The van der Waals surface area contributed by atoms with E-state index in [4.69, 9.17) is 0 Å². The fourth-order valence-electron chi connectivity index (χ4n) is 11.9. The van der Waals surface area contributed by atoms with Gasteiger partial charge in [-0.1, -0.05) is 234 Å². The summed E-state index contributed by atoms with van der Waals surface area (Å²) in [6.07, 6.45) is 0. The normalized spacial score (nSPS) is 13.1. The molecule has 2 aromatic heterocycles. The first-order chi connectivity index (χ1) is 37.4. The van der Waals surface area contributed by atoms with Gasteiger partial charge in [0, 0.05) is 32.9 Å². The van der Waals surface area contributed by atoms with Gasteiger partial charge in [-0.05, 0) is 183 Å². The van der Waals surface area contributed by atoms with Crippen molar-refractivity contribution in [1.82, 2.24) is 9.13 Å². The van der Waals surface area contributed by atoms with Crippen LogP contribution < -0.4 is 0 Å². The van der Waals surface area contributed by atoms with E-state index in [0.717, 1.165) is 11.4 Å². The van der Waals surface area contributed by atoms with Gasteiger partial charge < -0.3 is 9.13 Å². The highest BCUT2D eigenvalue weighted by atomic mass is 15.0. The SMILES string of the molecule is CC(C)(C)c1cc(-c2cc(-c3ccc(-n4c5ccc(C(C)(C)C)cc5c5cc(C(C)(C)C)ccc54)cc3)c(-c3cc(C(C)(C)C)cc(C(C)(C)C)c3)cc2-c2ccc(-n3c4ccccc4c4ccccc43)cc2)cc(C(C)(C)C)c1. The van der Waals surface area contributed by atoms with Crippen molar-refractivity contribution in [2.24, 2.45) is 0 Å². The Morgan fingerprint density at radius 3 is 0.787 bits per heavy atom. The maximum Gasteiger partial charge on any atom is 0.0541 e. The van der Waals surface area contributed by atoms with E-state index in [0.29, 0.717) is 0 Å². The van der Waals surface area contributed by atoms with Crippen molar-refractivity contribution < 1.29 is 0 Å². The van der Waals surface area contributed by atoms with Crippen LogP contribution in [0.1, 0.15) is 158 Å². The summed E-state index contributed by atoms with van der Waals surface area (Å²) in [5.74, 6) is 0. The van der Waals surface area contributed by atoms with Crippen molar-refractivity contribution in [2.45, 2.75) is 157 Å². The Hall–Kier alpha value is -7.42. The van der Waals surface area contributed by atoms with E-state index in [9.17, 15) is 0 Å². The number of hydrogen-bond donors (Lipinski definition) is 0. The number of benzene rings is 9. The van der Waals surface area contributed by atoms with Crippen molar-refractivity contribution in [1.29, 1.82) is 0 Å². The molecule has 2 heterocycles. The molecule has 0 fully saturated rings. The monoisotopic (exact) mass is 1050 g/mol. The number of rotatable bonds is 6. The maximum atomic E-state index is 2.54. The minimum absolute atomic E-state index is 0.0251. The zero-order valence-electron chi connectivity index (χ0n) is 51.2. The molecule has 0 atom stereocenters. The van der Waals surface area contributed by atoms with Crippen LogP contribution in [0, 0.1) is 0 Å². The van der Waals surface area contributed by atoms with Crippen molar-refractivity contribution in [3.8, 4) is 55.9 Å². The highest BCUT2D eigenvalue weighted by Gasteiger charge is 2.27. The van der Waals surface area contributed by atoms with Crippen LogP contribution in [0.15, 0.2) is 182 Å². The average molecular weight is 1050 g/mol. The second-order valence-electron chi connectivity index (χ2n) is 29.3. The highest BCUT2D eigenvalue weighted by Crippen LogP contribution is 2.47. The van der Waals surface area contributed by atoms with Gasteiger partial charge in [0.2, 0.25) is 0 Å². The predicted molar refractivity (Wildman–Crippen MR) is 349 cm³/mol. The van der Waals surface area contributed by atoms with Crippen molar-refractivity contribution in [3.63, 3.8) is 0 Å². The fraction of sp³-hybridized carbons (Fsp3) is 0.308. The highest BCUT2D eigenvalue weighted by molar-refractivity contribution is 6.11. The summed E-state index contributed by atoms with van der Waals surface area (Å²) in [7, 11) is 0. The Morgan fingerprint density at radius 2 is 0.487 bits per heavy atom. The third-order valence-electron chi connectivity index (χ3n) is 17.1. The summed E-state index contributed by atoms with van der Waals surface area (Å²) in [6, 6.07) is 70.6. The Labute approximate surface area is 478 Å². The zero-order valence-corrected chi connectivity index (χ0v) is 51.2. The molecule has 9 aromatic carbocycles. The summed E-state index contributed by atoms with van der Waals surface area (Å²) in [5.41, 5.74) is 24.7. The molecule has 0 saturated carbocycles. The van der Waals surface area contributed by atoms with Crippen LogP contribution >= 0.6 is 0 Å². The number of para-hydroxylation sites is 2. The summed E-state index contributed by atoms with van der Waals surface area (Å²) >= 11 is 0. The molecular weight excluding hydrogens is 965 g/mol. The van der Waals surface area contributed by atoms with E-state index in [2.05, 4.69) is 316 Å². The molecular formula is C78H84N2. The zero-order chi connectivity index (χ0) is 57.2. The van der Waals surface area contributed by atoms with Crippen LogP contribution in [0.2, 0.25) is 0 Å². The third kappa shape index (κ3) is 10.0. The maximum absolute atomic E-state index is 2.54. The quantitative estimate of drug-likeness (QED) is 0.157. The second-order valence-corrected chi connectivity index (χ2v) is 29.3. The molecule has 2 heteroatoms. The summed E-state index contributed by atoms with van der Waals surface area (Å²) in [4.78, 5) is 0. The Kier molecular flexibility index (Phi) is 13.0. The van der Waals surface area contributed by atoms with E-state index in [1.807, 2.05) is 0 Å². The topological polar surface area (TPSA) is 9.86 Å². The number of nitrogens with zero attached hydrogens (tertiary/aromatic N) is 2. The molecule has 0 N–H and O–H groups in total. The molecule has 11 rings (SSSR count).